The molecule has 1 aromatic carbocycles. The van der Waals surface area contributed by atoms with E-state index in [0.717, 1.165) is 28.9 Å². The van der Waals surface area contributed by atoms with Gasteiger partial charge in [0.25, 0.3) is 5.91 Å². The molecule has 2 unspecified atom stereocenters. The van der Waals surface area contributed by atoms with Gasteiger partial charge in [0.2, 0.25) is 0 Å². The van der Waals surface area contributed by atoms with Crippen molar-refractivity contribution in [3.8, 4) is 0 Å². The summed E-state index contributed by atoms with van der Waals surface area (Å²) in [5, 5.41) is 3.05. The predicted octanol–water partition coefficient (Wildman–Crippen LogP) is 4.27. The average molecular weight is 396 g/mol. The molecule has 150 valence electrons. The van der Waals surface area contributed by atoms with Crippen molar-refractivity contribution in [1.82, 2.24) is 15.3 Å². The second kappa shape index (κ2) is 7.10. The van der Waals surface area contributed by atoms with Gasteiger partial charge >= 0.3 is 0 Å². The van der Waals surface area contributed by atoms with Crippen LogP contribution in [0.2, 0.25) is 0 Å². The third kappa shape index (κ3) is 3.07. The molecule has 0 spiro atoms. The number of rotatable bonds is 4. The highest BCUT2D eigenvalue weighted by Crippen LogP contribution is 2.55. The summed E-state index contributed by atoms with van der Waals surface area (Å²) in [4.78, 5) is 21.7. The number of aromatic nitrogens is 2. The molecule has 2 bridgehead atoms. The van der Waals surface area contributed by atoms with Gasteiger partial charge in [0, 0.05) is 35.8 Å². The largest absolute Gasteiger partial charge is 0.384 e. The van der Waals surface area contributed by atoms with Gasteiger partial charge in [0.1, 0.15) is 5.82 Å². The number of nitrogens with two attached hydrogens (primary N) is 1. The molecule has 0 saturated heterocycles. The zero-order valence-electron chi connectivity index (χ0n) is 17.1. The number of carbonyl (C=O) groups is 1. The van der Waals surface area contributed by atoms with Gasteiger partial charge < -0.3 is 11.1 Å². The Kier molecular flexibility index (Phi) is 4.39. The van der Waals surface area contributed by atoms with E-state index < -0.39 is 0 Å². The van der Waals surface area contributed by atoms with E-state index in [4.69, 9.17) is 5.73 Å². The Balaban J connectivity index is 1.36. The monoisotopic (exact) mass is 396 g/mol. The number of allylic oxidation sites excluding steroid dienone is 2. The number of hydrogen-bond acceptors (Lipinski definition) is 4. The Hall–Kier alpha value is -3.47. The van der Waals surface area contributed by atoms with Crippen LogP contribution in [-0.2, 0) is 6.54 Å². The Labute approximate surface area is 176 Å². The van der Waals surface area contributed by atoms with E-state index in [1.165, 1.54) is 16.7 Å². The Bertz CT molecular complexity index is 1160. The Morgan fingerprint density at radius 1 is 1.17 bits per heavy atom. The second-order valence-corrected chi connectivity index (χ2v) is 8.19. The first-order chi connectivity index (χ1) is 14.5. The minimum absolute atomic E-state index is 0.0698. The third-order valence-corrected chi connectivity index (χ3v) is 6.33. The average Bonchev–Trinajstić information content (AvgIpc) is 3.33. The summed E-state index contributed by atoms with van der Waals surface area (Å²) in [7, 11) is 0. The van der Waals surface area contributed by atoms with E-state index in [2.05, 4.69) is 39.6 Å². The molecule has 0 aliphatic heterocycles. The molecule has 1 amide bonds. The highest BCUT2D eigenvalue weighted by Gasteiger charge is 2.39. The van der Waals surface area contributed by atoms with Crippen LogP contribution in [-0.4, -0.2) is 15.9 Å². The van der Waals surface area contributed by atoms with Gasteiger partial charge in [-0.3, -0.25) is 9.78 Å². The van der Waals surface area contributed by atoms with Crippen molar-refractivity contribution >= 4 is 17.3 Å². The molecule has 0 fully saturated rings. The number of fused-ring (bicyclic) bond motifs is 5. The van der Waals surface area contributed by atoms with E-state index >= 15 is 0 Å². The van der Waals surface area contributed by atoms with Gasteiger partial charge in [-0.05, 0) is 78.4 Å². The molecule has 2 aromatic heterocycles. The molecule has 3 N–H and O–H groups in total. The molecule has 0 saturated carbocycles. The quantitative estimate of drug-likeness (QED) is 0.690. The van der Waals surface area contributed by atoms with Crippen LogP contribution in [0.5, 0.6) is 0 Å². The lowest BCUT2D eigenvalue weighted by molar-refractivity contribution is 0.0950. The van der Waals surface area contributed by atoms with Crippen molar-refractivity contribution < 1.29 is 4.79 Å². The fourth-order valence-corrected chi connectivity index (χ4v) is 4.87. The Morgan fingerprint density at radius 3 is 2.80 bits per heavy atom. The van der Waals surface area contributed by atoms with Gasteiger partial charge in [-0.1, -0.05) is 18.2 Å². The van der Waals surface area contributed by atoms with Gasteiger partial charge in [-0.2, -0.15) is 0 Å². The number of amides is 1. The van der Waals surface area contributed by atoms with E-state index in [0.29, 0.717) is 29.8 Å². The van der Waals surface area contributed by atoms with Gasteiger partial charge in [-0.25, -0.2) is 4.98 Å². The van der Waals surface area contributed by atoms with Gasteiger partial charge in [-0.15, -0.1) is 0 Å². The predicted molar refractivity (Wildman–Crippen MR) is 118 cm³/mol. The number of anilines is 1. The summed E-state index contributed by atoms with van der Waals surface area (Å²) in [6.45, 7) is 4.35. The summed E-state index contributed by atoms with van der Waals surface area (Å²) in [6.07, 6.45) is 5.25. The molecule has 2 atom stereocenters. The molecule has 2 aliphatic carbocycles. The number of nitrogen functional groups attached to an aromatic ring is 1. The number of carbonyl (C=O) groups excluding carboxylic acids is 1. The van der Waals surface area contributed by atoms with E-state index in [1.54, 1.807) is 0 Å². The standard InChI is InChI=1S/C25H24N4O/c1-14-9-24(26)29-15(2)22(14)13-28-25(30)16-6-7-18-17-11-20(19(18)10-16)21(12-17)23-5-3-4-8-27-23/h3-10,12,17,20H,11,13H2,1-2H3,(H2,26,29)(H,28,30). The lowest BCUT2D eigenvalue weighted by atomic mass is 9.88. The lowest BCUT2D eigenvalue weighted by Gasteiger charge is -2.18. The van der Waals surface area contributed by atoms with Crippen molar-refractivity contribution in [3.63, 3.8) is 0 Å². The first-order valence-electron chi connectivity index (χ1n) is 10.3. The summed E-state index contributed by atoms with van der Waals surface area (Å²) >= 11 is 0. The fraction of sp³-hybridized carbons (Fsp3) is 0.240. The SMILES string of the molecule is Cc1cc(N)nc(C)c1CNC(=O)c1ccc2c(c1)C1CC2C=C1c1ccccn1. The minimum Gasteiger partial charge on any atom is -0.384 e. The van der Waals surface area contributed by atoms with Crippen LogP contribution in [0.15, 0.2) is 54.7 Å². The molecular weight excluding hydrogens is 372 g/mol. The third-order valence-electron chi connectivity index (χ3n) is 6.33. The van der Waals surface area contributed by atoms with Crippen molar-refractivity contribution in [2.75, 3.05) is 5.73 Å². The van der Waals surface area contributed by atoms with Crippen LogP contribution < -0.4 is 11.1 Å². The number of benzene rings is 1. The number of aryl methyl sites for hydroxylation is 2. The normalized spacial score (nSPS) is 18.8. The van der Waals surface area contributed by atoms with Crippen molar-refractivity contribution in [2.24, 2.45) is 0 Å². The van der Waals surface area contributed by atoms with Crippen LogP contribution in [0, 0.1) is 13.8 Å². The zero-order valence-corrected chi connectivity index (χ0v) is 17.1. The van der Waals surface area contributed by atoms with Crippen LogP contribution >= 0.6 is 0 Å². The van der Waals surface area contributed by atoms with Crippen LogP contribution in [0.25, 0.3) is 5.57 Å². The van der Waals surface area contributed by atoms with Crippen molar-refractivity contribution in [3.05, 3.63) is 93.9 Å². The summed E-state index contributed by atoms with van der Waals surface area (Å²) in [5.74, 6) is 1.17. The molecule has 2 aliphatic rings. The van der Waals surface area contributed by atoms with Gasteiger partial charge in [0.05, 0.1) is 5.69 Å². The topological polar surface area (TPSA) is 80.9 Å². The van der Waals surface area contributed by atoms with Gasteiger partial charge in [0.15, 0.2) is 0 Å². The molecule has 5 heteroatoms. The lowest BCUT2D eigenvalue weighted by Crippen LogP contribution is -2.24. The van der Waals surface area contributed by atoms with Crippen molar-refractivity contribution in [2.45, 2.75) is 38.6 Å². The van der Waals surface area contributed by atoms with Crippen LogP contribution in [0.4, 0.5) is 5.82 Å². The molecule has 0 radical (unpaired) electrons. The molecule has 5 nitrogen and oxygen atoms in total. The smallest absolute Gasteiger partial charge is 0.251 e. The maximum absolute atomic E-state index is 12.9. The Morgan fingerprint density at radius 2 is 2.03 bits per heavy atom. The maximum Gasteiger partial charge on any atom is 0.251 e. The zero-order chi connectivity index (χ0) is 20.8. The highest BCUT2D eigenvalue weighted by molar-refractivity contribution is 5.95. The van der Waals surface area contributed by atoms with Crippen LogP contribution in [0.3, 0.4) is 0 Å². The number of pyridine rings is 2. The summed E-state index contributed by atoms with van der Waals surface area (Å²) in [6, 6.07) is 14.0. The second-order valence-electron chi connectivity index (χ2n) is 8.19. The molecule has 5 rings (SSSR count). The van der Waals surface area contributed by atoms with Crippen molar-refractivity contribution in [1.29, 1.82) is 0 Å². The highest BCUT2D eigenvalue weighted by atomic mass is 16.1. The minimum atomic E-state index is -0.0698. The molecular formula is C25H24N4O. The maximum atomic E-state index is 12.9. The molecule has 3 aromatic rings. The van der Waals surface area contributed by atoms with E-state index in [-0.39, 0.29) is 5.91 Å². The number of nitrogens with one attached hydrogen (secondary N) is 1. The molecule has 30 heavy (non-hydrogen) atoms. The first kappa shape index (κ1) is 18.6. The first-order valence-corrected chi connectivity index (χ1v) is 10.3. The molecule has 2 heterocycles. The van der Waals surface area contributed by atoms with E-state index in [9.17, 15) is 4.79 Å². The van der Waals surface area contributed by atoms with E-state index in [1.807, 2.05) is 44.3 Å². The number of nitrogens with zero attached hydrogens (tertiary/aromatic N) is 2. The number of hydrogen-bond donors (Lipinski definition) is 2. The fourth-order valence-electron chi connectivity index (χ4n) is 4.87. The summed E-state index contributed by atoms with van der Waals surface area (Å²) < 4.78 is 0. The summed E-state index contributed by atoms with van der Waals surface area (Å²) in [5.41, 5.74) is 14.3. The van der Waals surface area contributed by atoms with Crippen LogP contribution in [0.1, 0.15) is 62.3 Å².